The van der Waals surface area contributed by atoms with Crippen LogP contribution in [-0.2, 0) is 11.2 Å². The highest BCUT2D eigenvalue weighted by Gasteiger charge is 2.44. The largest absolute Gasteiger partial charge is 0.504 e. The van der Waals surface area contributed by atoms with Crippen LogP contribution in [0.1, 0.15) is 12.0 Å². The molecule has 1 aliphatic rings. The van der Waals surface area contributed by atoms with Crippen LogP contribution in [0.25, 0.3) is 0 Å². The van der Waals surface area contributed by atoms with Crippen LogP contribution in [0.5, 0.6) is 11.5 Å². The van der Waals surface area contributed by atoms with E-state index in [4.69, 9.17) is 19.7 Å². The minimum absolute atomic E-state index is 0.0315. The molecule has 1 heterocycles. The fourth-order valence-corrected chi connectivity index (χ4v) is 2.38. The Bertz CT molecular complexity index is 506. The van der Waals surface area contributed by atoms with Crippen LogP contribution in [0.2, 0.25) is 0 Å². The van der Waals surface area contributed by atoms with Gasteiger partial charge in [0.25, 0.3) is 0 Å². The molecule has 1 aromatic rings. The maximum atomic E-state index is 9.93. The summed E-state index contributed by atoms with van der Waals surface area (Å²) in [6.45, 7) is -0.531. The van der Waals surface area contributed by atoms with E-state index in [2.05, 4.69) is 0 Å². The molecule has 0 aromatic heterocycles. The molecule has 1 saturated heterocycles. The Hall–Kier alpha value is -1.42. The van der Waals surface area contributed by atoms with Crippen molar-refractivity contribution in [2.45, 2.75) is 43.5 Å². The van der Waals surface area contributed by atoms with Gasteiger partial charge in [0.15, 0.2) is 11.5 Å². The van der Waals surface area contributed by atoms with Crippen molar-refractivity contribution in [1.82, 2.24) is 0 Å². The van der Waals surface area contributed by atoms with E-state index in [0.29, 0.717) is 12.8 Å². The highest BCUT2D eigenvalue weighted by Crippen LogP contribution is 2.31. The Kier molecular flexibility index (Phi) is 6.17. The van der Waals surface area contributed by atoms with Crippen molar-refractivity contribution in [3.63, 3.8) is 0 Å². The topological polar surface area (TPSA) is 140 Å². The van der Waals surface area contributed by atoms with Gasteiger partial charge in [-0.1, -0.05) is 6.07 Å². The first-order valence-electron chi connectivity index (χ1n) is 7.38. The SMILES string of the molecule is OCCCc1ccc(O)c(O[C@@H]2O[C@H](CO)[C@@H](O)[C@H](O)[C@H]2O)c1. The number of aryl methyl sites for hydroxylation is 1. The summed E-state index contributed by atoms with van der Waals surface area (Å²) in [4.78, 5) is 0. The monoisotopic (exact) mass is 330 g/mol. The third-order valence-corrected chi connectivity index (χ3v) is 3.74. The Morgan fingerprint density at radius 1 is 1.04 bits per heavy atom. The second kappa shape index (κ2) is 7.91. The van der Waals surface area contributed by atoms with Crippen LogP contribution in [0.4, 0.5) is 0 Å². The summed E-state index contributed by atoms with van der Waals surface area (Å²) in [7, 11) is 0. The van der Waals surface area contributed by atoms with Crippen LogP contribution in [0, 0.1) is 0 Å². The quantitative estimate of drug-likeness (QED) is 0.370. The van der Waals surface area contributed by atoms with E-state index in [-0.39, 0.29) is 18.1 Å². The minimum Gasteiger partial charge on any atom is -0.504 e. The number of benzene rings is 1. The smallest absolute Gasteiger partial charge is 0.229 e. The summed E-state index contributed by atoms with van der Waals surface area (Å²) in [5, 5.41) is 57.2. The Morgan fingerprint density at radius 2 is 1.78 bits per heavy atom. The van der Waals surface area contributed by atoms with E-state index >= 15 is 0 Å². The van der Waals surface area contributed by atoms with Gasteiger partial charge in [0.1, 0.15) is 24.4 Å². The molecule has 1 fully saturated rings. The Balaban J connectivity index is 2.13. The van der Waals surface area contributed by atoms with E-state index in [1.807, 2.05) is 0 Å². The van der Waals surface area contributed by atoms with Crippen molar-refractivity contribution in [2.24, 2.45) is 0 Å². The van der Waals surface area contributed by atoms with Crippen LogP contribution in [0.15, 0.2) is 18.2 Å². The molecule has 0 amide bonds. The number of aromatic hydroxyl groups is 1. The third kappa shape index (κ3) is 4.11. The molecule has 0 unspecified atom stereocenters. The lowest BCUT2D eigenvalue weighted by atomic mass is 9.99. The number of aliphatic hydroxyl groups is 5. The highest BCUT2D eigenvalue weighted by molar-refractivity contribution is 5.42. The van der Waals surface area contributed by atoms with Crippen molar-refractivity contribution in [3.05, 3.63) is 23.8 Å². The summed E-state index contributed by atoms with van der Waals surface area (Å²) in [5.74, 6) is -0.153. The van der Waals surface area contributed by atoms with E-state index in [1.54, 1.807) is 6.07 Å². The van der Waals surface area contributed by atoms with Crippen molar-refractivity contribution in [1.29, 1.82) is 0 Å². The van der Waals surface area contributed by atoms with Crippen molar-refractivity contribution in [2.75, 3.05) is 13.2 Å². The zero-order chi connectivity index (χ0) is 17.0. The first-order chi connectivity index (χ1) is 11.0. The fourth-order valence-electron chi connectivity index (χ4n) is 2.38. The van der Waals surface area contributed by atoms with Gasteiger partial charge < -0.3 is 40.1 Å². The second-order valence-corrected chi connectivity index (χ2v) is 5.44. The number of rotatable bonds is 6. The van der Waals surface area contributed by atoms with Crippen LogP contribution in [0.3, 0.4) is 0 Å². The summed E-state index contributed by atoms with van der Waals surface area (Å²) in [6, 6.07) is 4.61. The van der Waals surface area contributed by atoms with Gasteiger partial charge in [0.05, 0.1) is 6.61 Å². The number of hydrogen-bond donors (Lipinski definition) is 6. The van der Waals surface area contributed by atoms with Gasteiger partial charge in [0.2, 0.25) is 6.29 Å². The molecule has 1 aliphatic heterocycles. The first-order valence-corrected chi connectivity index (χ1v) is 7.38. The molecule has 0 spiro atoms. The fraction of sp³-hybridized carbons (Fsp3) is 0.600. The first kappa shape index (κ1) is 17.9. The standard InChI is InChI=1S/C15H22O8/c16-5-1-2-8-3-4-9(18)10(6-8)22-15-14(21)13(20)12(19)11(7-17)23-15/h3-4,6,11-21H,1-2,5,7H2/t11-,12-,13+,14-,15-/m1/s1. The van der Waals surface area contributed by atoms with Gasteiger partial charge >= 0.3 is 0 Å². The average molecular weight is 330 g/mol. The molecule has 0 bridgehead atoms. The lowest BCUT2D eigenvalue weighted by Crippen LogP contribution is -2.60. The summed E-state index contributed by atoms with van der Waals surface area (Å²) < 4.78 is 10.6. The lowest BCUT2D eigenvalue weighted by Gasteiger charge is -2.39. The average Bonchev–Trinajstić information content (AvgIpc) is 2.55. The van der Waals surface area contributed by atoms with Crippen molar-refractivity contribution >= 4 is 0 Å². The molecular formula is C15H22O8. The minimum atomic E-state index is -1.55. The normalized spacial score (nSPS) is 31.1. The van der Waals surface area contributed by atoms with Gasteiger partial charge in [-0.3, -0.25) is 0 Å². The van der Waals surface area contributed by atoms with Gasteiger partial charge in [-0.05, 0) is 30.5 Å². The maximum Gasteiger partial charge on any atom is 0.229 e. The molecule has 1 aromatic carbocycles. The Morgan fingerprint density at radius 3 is 2.43 bits per heavy atom. The number of phenolic OH excluding ortho intramolecular Hbond substituents is 1. The van der Waals surface area contributed by atoms with Gasteiger partial charge in [-0.15, -0.1) is 0 Å². The molecule has 8 heteroatoms. The highest BCUT2D eigenvalue weighted by atomic mass is 16.7. The molecule has 0 aliphatic carbocycles. The molecule has 2 rings (SSSR count). The Labute approximate surface area is 133 Å². The molecule has 0 radical (unpaired) electrons. The third-order valence-electron chi connectivity index (χ3n) is 3.74. The van der Waals surface area contributed by atoms with Gasteiger partial charge in [-0.2, -0.15) is 0 Å². The maximum absolute atomic E-state index is 9.93. The molecule has 130 valence electrons. The van der Waals surface area contributed by atoms with E-state index in [9.17, 15) is 20.4 Å². The molecule has 8 nitrogen and oxygen atoms in total. The van der Waals surface area contributed by atoms with Crippen LogP contribution in [-0.4, -0.2) is 74.6 Å². The molecule has 5 atom stereocenters. The number of ether oxygens (including phenoxy) is 2. The molecule has 6 N–H and O–H groups in total. The zero-order valence-corrected chi connectivity index (χ0v) is 12.4. The van der Waals surface area contributed by atoms with E-state index in [0.717, 1.165) is 5.56 Å². The summed E-state index contributed by atoms with van der Waals surface area (Å²) in [6.07, 6.45) is -5.90. The van der Waals surface area contributed by atoms with Crippen molar-refractivity contribution in [3.8, 4) is 11.5 Å². The number of hydrogen-bond acceptors (Lipinski definition) is 8. The summed E-state index contributed by atoms with van der Waals surface area (Å²) in [5.41, 5.74) is 0.802. The van der Waals surface area contributed by atoms with Gasteiger partial charge in [-0.25, -0.2) is 0 Å². The molecule has 0 saturated carbocycles. The second-order valence-electron chi connectivity index (χ2n) is 5.44. The van der Waals surface area contributed by atoms with Crippen LogP contribution >= 0.6 is 0 Å². The number of phenols is 1. The molecule has 23 heavy (non-hydrogen) atoms. The van der Waals surface area contributed by atoms with Crippen molar-refractivity contribution < 1.29 is 40.1 Å². The lowest BCUT2D eigenvalue weighted by molar-refractivity contribution is -0.277. The van der Waals surface area contributed by atoms with Gasteiger partial charge in [0, 0.05) is 6.61 Å². The zero-order valence-electron chi connectivity index (χ0n) is 12.4. The molecular weight excluding hydrogens is 308 g/mol. The predicted octanol–water partition coefficient (Wildman–Crippen LogP) is -1.50. The summed E-state index contributed by atoms with van der Waals surface area (Å²) >= 11 is 0. The predicted molar refractivity (Wildman–Crippen MR) is 77.9 cm³/mol. The van der Waals surface area contributed by atoms with Crippen LogP contribution < -0.4 is 4.74 Å². The van der Waals surface area contributed by atoms with E-state index < -0.39 is 37.3 Å². The number of aliphatic hydroxyl groups excluding tert-OH is 5. The van der Waals surface area contributed by atoms with E-state index in [1.165, 1.54) is 12.1 Å².